The molecule has 2 rings (SSSR count). The number of anilines is 1. The summed E-state index contributed by atoms with van der Waals surface area (Å²) in [5.41, 5.74) is 0.748. The van der Waals surface area contributed by atoms with Crippen molar-refractivity contribution in [3.05, 3.63) is 51.7 Å². The lowest BCUT2D eigenvalue weighted by atomic mass is 10.3. The van der Waals surface area contributed by atoms with Gasteiger partial charge in [-0.1, -0.05) is 17.7 Å². The number of nitrogens with zero attached hydrogens (tertiary/aromatic N) is 1. The van der Waals surface area contributed by atoms with Crippen LogP contribution >= 0.6 is 22.9 Å². The normalized spacial score (nSPS) is 10.2. The second-order valence-electron chi connectivity index (χ2n) is 4.19. The van der Waals surface area contributed by atoms with Crippen molar-refractivity contribution in [1.82, 2.24) is 4.90 Å². The van der Waals surface area contributed by atoms with Gasteiger partial charge in [0.1, 0.15) is 0 Å². The molecule has 0 aliphatic carbocycles. The first-order valence-corrected chi connectivity index (χ1v) is 7.21. The third kappa shape index (κ3) is 4.26. The second-order valence-corrected chi connectivity index (χ2v) is 5.66. The molecular formula is C14H15ClN2OS. The van der Waals surface area contributed by atoms with Crippen LogP contribution in [0.1, 0.15) is 4.88 Å². The molecule has 0 saturated heterocycles. The minimum Gasteiger partial charge on any atom is -0.327 e. The number of carbonyl (C=O) groups is 1. The van der Waals surface area contributed by atoms with Gasteiger partial charge in [-0.05, 0) is 42.1 Å². The summed E-state index contributed by atoms with van der Waals surface area (Å²) in [5.74, 6) is 0. The molecule has 0 bridgehead atoms. The van der Waals surface area contributed by atoms with E-state index >= 15 is 0 Å². The fraction of sp³-hybridized carbons (Fsp3) is 0.214. The molecule has 0 atom stereocenters. The van der Waals surface area contributed by atoms with E-state index in [0.29, 0.717) is 11.6 Å². The van der Waals surface area contributed by atoms with Gasteiger partial charge < -0.3 is 10.2 Å². The van der Waals surface area contributed by atoms with Gasteiger partial charge in [-0.3, -0.25) is 0 Å². The van der Waals surface area contributed by atoms with Crippen LogP contribution < -0.4 is 5.32 Å². The highest BCUT2D eigenvalue weighted by atomic mass is 35.5. The SMILES string of the molecule is CN(CCc1cccs1)C(=O)Nc1ccc(Cl)cc1. The van der Waals surface area contributed by atoms with Gasteiger partial charge in [0.05, 0.1) is 0 Å². The van der Waals surface area contributed by atoms with Crippen LogP contribution in [0.15, 0.2) is 41.8 Å². The number of thiophene rings is 1. The van der Waals surface area contributed by atoms with E-state index in [9.17, 15) is 4.79 Å². The Hall–Kier alpha value is -1.52. The highest BCUT2D eigenvalue weighted by Gasteiger charge is 2.08. The number of hydrogen-bond acceptors (Lipinski definition) is 2. The van der Waals surface area contributed by atoms with E-state index in [0.717, 1.165) is 12.1 Å². The zero-order valence-corrected chi connectivity index (χ0v) is 12.2. The molecule has 0 spiro atoms. The van der Waals surface area contributed by atoms with E-state index in [-0.39, 0.29) is 6.03 Å². The maximum Gasteiger partial charge on any atom is 0.321 e. The predicted molar refractivity (Wildman–Crippen MR) is 81.1 cm³/mol. The van der Waals surface area contributed by atoms with Gasteiger partial charge >= 0.3 is 6.03 Å². The van der Waals surface area contributed by atoms with Gasteiger partial charge in [0.15, 0.2) is 0 Å². The zero-order chi connectivity index (χ0) is 13.7. The van der Waals surface area contributed by atoms with Gasteiger partial charge in [-0.15, -0.1) is 11.3 Å². The van der Waals surface area contributed by atoms with Crippen molar-refractivity contribution in [3.63, 3.8) is 0 Å². The van der Waals surface area contributed by atoms with Crippen molar-refractivity contribution in [1.29, 1.82) is 0 Å². The minimum atomic E-state index is -0.112. The average Bonchev–Trinajstić information content (AvgIpc) is 2.91. The number of benzene rings is 1. The molecule has 0 fully saturated rings. The Balaban J connectivity index is 1.83. The number of nitrogens with one attached hydrogen (secondary N) is 1. The predicted octanol–water partition coefficient (Wildman–Crippen LogP) is 4.11. The highest BCUT2D eigenvalue weighted by Crippen LogP contribution is 2.14. The van der Waals surface area contributed by atoms with Crippen molar-refractivity contribution in [2.75, 3.05) is 18.9 Å². The van der Waals surface area contributed by atoms with Crippen molar-refractivity contribution in [2.45, 2.75) is 6.42 Å². The van der Waals surface area contributed by atoms with E-state index in [1.807, 2.05) is 11.4 Å². The first kappa shape index (κ1) is 13.9. The summed E-state index contributed by atoms with van der Waals surface area (Å²) in [7, 11) is 1.79. The van der Waals surface area contributed by atoms with Crippen LogP contribution in [0.4, 0.5) is 10.5 Å². The lowest BCUT2D eigenvalue weighted by molar-refractivity contribution is 0.223. The molecule has 1 heterocycles. The molecule has 0 aliphatic rings. The zero-order valence-electron chi connectivity index (χ0n) is 10.6. The molecule has 1 N–H and O–H groups in total. The molecule has 3 nitrogen and oxygen atoms in total. The minimum absolute atomic E-state index is 0.112. The summed E-state index contributed by atoms with van der Waals surface area (Å²) in [5, 5.41) is 5.53. The number of rotatable bonds is 4. The van der Waals surface area contributed by atoms with E-state index < -0.39 is 0 Å². The summed E-state index contributed by atoms with van der Waals surface area (Å²) < 4.78 is 0. The molecule has 0 aliphatic heterocycles. The van der Waals surface area contributed by atoms with Crippen molar-refractivity contribution in [3.8, 4) is 0 Å². The number of urea groups is 1. The molecule has 0 saturated carbocycles. The maximum absolute atomic E-state index is 11.9. The molecule has 1 aromatic carbocycles. The van der Waals surface area contributed by atoms with Crippen LogP contribution in [0.25, 0.3) is 0 Å². The van der Waals surface area contributed by atoms with Gasteiger partial charge in [-0.2, -0.15) is 0 Å². The Labute approximate surface area is 121 Å². The first-order valence-electron chi connectivity index (χ1n) is 5.95. The Morgan fingerprint density at radius 2 is 2.05 bits per heavy atom. The van der Waals surface area contributed by atoms with Crippen molar-refractivity contribution < 1.29 is 4.79 Å². The van der Waals surface area contributed by atoms with Crippen molar-refractivity contribution >= 4 is 34.7 Å². The van der Waals surface area contributed by atoms with Gasteiger partial charge in [0.2, 0.25) is 0 Å². The number of likely N-dealkylation sites (N-methyl/N-ethyl adjacent to an activating group) is 1. The first-order chi connectivity index (χ1) is 9.15. The summed E-state index contributed by atoms with van der Waals surface area (Å²) in [6.45, 7) is 0.694. The smallest absolute Gasteiger partial charge is 0.321 e. The van der Waals surface area contributed by atoms with Gasteiger partial charge in [0, 0.05) is 29.2 Å². The molecule has 0 radical (unpaired) electrons. The quantitative estimate of drug-likeness (QED) is 0.904. The third-order valence-electron chi connectivity index (χ3n) is 2.72. The molecule has 100 valence electrons. The van der Waals surface area contributed by atoms with E-state index in [4.69, 9.17) is 11.6 Å². The Kier molecular flexibility index (Phi) is 4.82. The van der Waals surface area contributed by atoms with E-state index in [1.165, 1.54) is 4.88 Å². The number of hydrogen-bond donors (Lipinski definition) is 1. The lowest BCUT2D eigenvalue weighted by Crippen LogP contribution is -2.32. The molecule has 5 heteroatoms. The Bertz CT molecular complexity index is 525. The van der Waals surface area contributed by atoms with E-state index in [1.54, 1.807) is 47.5 Å². The van der Waals surface area contributed by atoms with Gasteiger partial charge in [0.25, 0.3) is 0 Å². The summed E-state index contributed by atoms with van der Waals surface area (Å²) >= 11 is 7.50. The fourth-order valence-corrected chi connectivity index (χ4v) is 2.41. The molecule has 19 heavy (non-hydrogen) atoms. The van der Waals surface area contributed by atoms with Crippen LogP contribution in [0.3, 0.4) is 0 Å². The standard InChI is InChI=1S/C14H15ClN2OS/c1-17(9-8-13-3-2-10-19-13)14(18)16-12-6-4-11(15)5-7-12/h2-7,10H,8-9H2,1H3,(H,16,18). The number of halogens is 1. The Morgan fingerprint density at radius 3 is 2.68 bits per heavy atom. The molecule has 2 aromatic rings. The average molecular weight is 295 g/mol. The number of amides is 2. The molecule has 2 amide bonds. The Morgan fingerprint density at radius 1 is 1.32 bits per heavy atom. The highest BCUT2D eigenvalue weighted by molar-refractivity contribution is 7.09. The maximum atomic E-state index is 11.9. The number of carbonyl (C=O) groups excluding carboxylic acids is 1. The van der Waals surface area contributed by atoms with E-state index in [2.05, 4.69) is 11.4 Å². The summed E-state index contributed by atoms with van der Waals surface area (Å²) in [6.07, 6.45) is 0.877. The molecule has 1 aromatic heterocycles. The van der Waals surface area contributed by atoms with Crippen molar-refractivity contribution in [2.24, 2.45) is 0 Å². The molecule has 0 unspecified atom stereocenters. The third-order valence-corrected chi connectivity index (χ3v) is 3.90. The molecular weight excluding hydrogens is 280 g/mol. The summed E-state index contributed by atoms with van der Waals surface area (Å²) in [4.78, 5) is 14.9. The lowest BCUT2D eigenvalue weighted by Gasteiger charge is -2.17. The van der Waals surface area contributed by atoms with Gasteiger partial charge in [-0.25, -0.2) is 4.79 Å². The largest absolute Gasteiger partial charge is 0.327 e. The van der Waals surface area contributed by atoms with Crippen LogP contribution in [0.5, 0.6) is 0 Å². The monoisotopic (exact) mass is 294 g/mol. The van der Waals surface area contributed by atoms with Crippen LogP contribution in [-0.2, 0) is 6.42 Å². The topological polar surface area (TPSA) is 32.3 Å². The van der Waals surface area contributed by atoms with Crippen LogP contribution in [0, 0.1) is 0 Å². The fourth-order valence-electron chi connectivity index (χ4n) is 1.59. The van der Waals surface area contributed by atoms with Crippen LogP contribution in [0.2, 0.25) is 5.02 Å². The summed E-state index contributed by atoms with van der Waals surface area (Å²) in [6, 6.07) is 11.1. The van der Waals surface area contributed by atoms with Crippen LogP contribution in [-0.4, -0.2) is 24.5 Å². The second kappa shape index (κ2) is 6.59.